The second-order valence-corrected chi connectivity index (χ2v) is 7.47. The molecule has 0 atom stereocenters. The van der Waals surface area contributed by atoms with Crippen LogP contribution in [0, 0.1) is 12.8 Å². The number of hydrogen-bond donors (Lipinski definition) is 2. The zero-order chi connectivity index (χ0) is 19.8. The van der Waals surface area contributed by atoms with Crippen LogP contribution in [0.25, 0.3) is 16.4 Å². The molecule has 0 spiro atoms. The second kappa shape index (κ2) is 6.96. The summed E-state index contributed by atoms with van der Waals surface area (Å²) < 4.78 is 1.97. The molecular weight excluding hydrogens is 352 g/mol. The standard InChI is InChI=1S/C22H22N4O2/c1-13(2)10-19-25-20(18-6-4-5-9-26(18)19)22(28)23-16-8-7-15-11-14(3)21(27)24-17(15)12-16/h4-9,11-13H,10H2,1-3H3,(H,23,28)(H,24,27). The van der Waals surface area contributed by atoms with Gasteiger partial charge in [-0.3, -0.25) is 9.59 Å². The molecule has 1 amide bonds. The highest BCUT2D eigenvalue weighted by atomic mass is 16.2. The van der Waals surface area contributed by atoms with E-state index in [1.807, 2.05) is 47.0 Å². The molecule has 3 heterocycles. The number of H-pyrrole nitrogens is 1. The molecule has 0 radical (unpaired) electrons. The minimum atomic E-state index is -0.271. The molecule has 0 aliphatic heterocycles. The van der Waals surface area contributed by atoms with Crippen molar-refractivity contribution in [3.63, 3.8) is 0 Å². The number of aromatic nitrogens is 3. The van der Waals surface area contributed by atoms with Gasteiger partial charge in [0, 0.05) is 23.9 Å². The van der Waals surface area contributed by atoms with Crippen molar-refractivity contribution in [1.82, 2.24) is 14.4 Å². The lowest BCUT2D eigenvalue weighted by Crippen LogP contribution is -2.13. The summed E-state index contributed by atoms with van der Waals surface area (Å²) in [6.07, 6.45) is 2.72. The van der Waals surface area contributed by atoms with E-state index in [1.54, 1.807) is 13.0 Å². The number of imidazole rings is 1. The van der Waals surface area contributed by atoms with Crippen LogP contribution in [0.3, 0.4) is 0 Å². The third kappa shape index (κ3) is 3.29. The van der Waals surface area contributed by atoms with E-state index in [9.17, 15) is 9.59 Å². The quantitative estimate of drug-likeness (QED) is 0.568. The molecule has 4 aromatic rings. The van der Waals surface area contributed by atoms with Gasteiger partial charge < -0.3 is 14.7 Å². The van der Waals surface area contributed by atoms with Crippen molar-refractivity contribution in [3.8, 4) is 0 Å². The van der Waals surface area contributed by atoms with Crippen LogP contribution in [-0.4, -0.2) is 20.3 Å². The summed E-state index contributed by atoms with van der Waals surface area (Å²) in [5, 5.41) is 3.82. The molecule has 2 N–H and O–H groups in total. The first kappa shape index (κ1) is 18.0. The fourth-order valence-corrected chi connectivity index (χ4v) is 3.36. The molecule has 1 aromatic carbocycles. The molecule has 0 bridgehead atoms. The average Bonchev–Trinajstić information content (AvgIpc) is 3.01. The number of aromatic amines is 1. The number of nitrogens with zero attached hydrogens (tertiary/aromatic N) is 2. The lowest BCUT2D eigenvalue weighted by Gasteiger charge is -2.06. The van der Waals surface area contributed by atoms with Crippen molar-refractivity contribution in [2.24, 2.45) is 5.92 Å². The van der Waals surface area contributed by atoms with Gasteiger partial charge in [-0.2, -0.15) is 0 Å². The number of aryl methyl sites for hydroxylation is 1. The summed E-state index contributed by atoms with van der Waals surface area (Å²) in [4.78, 5) is 32.2. The highest BCUT2D eigenvalue weighted by Crippen LogP contribution is 2.20. The number of carbonyl (C=O) groups excluding carboxylic acids is 1. The molecule has 4 rings (SSSR count). The Bertz CT molecular complexity index is 1250. The minimum Gasteiger partial charge on any atom is -0.322 e. The van der Waals surface area contributed by atoms with Crippen LogP contribution in [0.1, 0.15) is 35.7 Å². The van der Waals surface area contributed by atoms with Crippen LogP contribution < -0.4 is 10.9 Å². The molecule has 6 nitrogen and oxygen atoms in total. The van der Waals surface area contributed by atoms with Gasteiger partial charge in [-0.15, -0.1) is 0 Å². The van der Waals surface area contributed by atoms with Crippen LogP contribution in [0.2, 0.25) is 0 Å². The lowest BCUT2D eigenvalue weighted by molar-refractivity contribution is 0.102. The number of carbonyl (C=O) groups is 1. The van der Waals surface area contributed by atoms with Crippen LogP contribution >= 0.6 is 0 Å². The molecule has 142 valence electrons. The van der Waals surface area contributed by atoms with E-state index >= 15 is 0 Å². The van der Waals surface area contributed by atoms with Gasteiger partial charge in [-0.25, -0.2) is 4.98 Å². The Morgan fingerprint density at radius 1 is 1.21 bits per heavy atom. The third-order valence-corrected chi connectivity index (χ3v) is 4.72. The fourth-order valence-electron chi connectivity index (χ4n) is 3.36. The maximum atomic E-state index is 12.9. The molecule has 0 saturated carbocycles. The summed E-state index contributed by atoms with van der Waals surface area (Å²) in [6, 6.07) is 13.0. The Morgan fingerprint density at radius 3 is 2.82 bits per heavy atom. The zero-order valence-corrected chi connectivity index (χ0v) is 16.1. The Morgan fingerprint density at radius 2 is 2.04 bits per heavy atom. The fraction of sp³-hybridized carbons (Fsp3) is 0.227. The van der Waals surface area contributed by atoms with Crippen molar-refractivity contribution in [2.45, 2.75) is 27.2 Å². The molecule has 0 aliphatic rings. The lowest BCUT2D eigenvalue weighted by atomic mass is 10.1. The van der Waals surface area contributed by atoms with Crippen molar-refractivity contribution in [2.75, 3.05) is 5.32 Å². The summed E-state index contributed by atoms with van der Waals surface area (Å²) in [7, 11) is 0. The first-order valence-corrected chi connectivity index (χ1v) is 9.33. The van der Waals surface area contributed by atoms with Crippen LogP contribution in [-0.2, 0) is 6.42 Å². The van der Waals surface area contributed by atoms with E-state index in [4.69, 9.17) is 0 Å². The van der Waals surface area contributed by atoms with E-state index < -0.39 is 0 Å². The summed E-state index contributed by atoms with van der Waals surface area (Å²) >= 11 is 0. The third-order valence-electron chi connectivity index (χ3n) is 4.72. The second-order valence-electron chi connectivity index (χ2n) is 7.47. The molecule has 28 heavy (non-hydrogen) atoms. The monoisotopic (exact) mass is 374 g/mol. The van der Waals surface area contributed by atoms with Gasteiger partial charge in [-0.1, -0.05) is 26.0 Å². The van der Waals surface area contributed by atoms with Crippen molar-refractivity contribution < 1.29 is 4.79 Å². The zero-order valence-electron chi connectivity index (χ0n) is 16.1. The maximum absolute atomic E-state index is 12.9. The van der Waals surface area contributed by atoms with E-state index in [2.05, 4.69) is 29.1 Å². The number of rotatable bonds is 4. The Hall–Kier alpha value is -3.41. The molecule has 0 saturated heterocycles. The smallest absolute Gasteiger partial charge is 0.276 e. The molecule has 0 aliphatic carbocycles. The molecule has 3 aromatic heterocycles. The summed E-state index contributed by atoms with van der Waals surface area (Å²) in [5.74, 6) is 1.03. The van der Waals surface area contributed by atoms with Crippen LogP contribution in [0.4, 0.5) is 5.69 Å². The Balaban J connectivity index is 1.70. The van der Waals surface area contributed by atoms with Gasteiger partial charge in [0.1, 0.15) is 5.82 Å². The predicted molar refractivity (Wildman–Crippen MR) is 111 cm³/mol. The van der Waals surface area contributed by atoms with Gasteiger partial charge in [0.05, 0.1) is 11.0 Å². The van der Waals surface area contributed by atoms with Crippen molar-refractivity contribution in [3.05, 3.63) is 76.1 Å². The average molecular weight is 374 g/mol. The largest absolute Gasteiger partial charge is 0.322 e. The summed E-state index contributed by atoms with van der Waals surface area (Å²) in [6.45, 7) is 6.02. The van der Waals surface area contributed by atoms with Crippen molar-refractivity contribution >= 4 is 28.0 Å². The molecule has 6 heteroatoms. The molecule has 0 unspecified atom stereocenters. The van der Waals surface area contributed by atoms with Gasteiger partial charge >= 0.3 is 0 Å². The van der Waals surface area contributed by atoms with Gasteiger partial charge in [-0.05, 0) is 48.6 Å². The van der Waals surface area contributed by atoms with E-state index in [-0.39, 0.29) is 11.5 Å². The highest BCUT2D eigenvalue weighted by molar-refractivity contribution is 6.08. The minimum absolute atomic E-state index is 0.130. The predicted octanol–water partition coefficient (Wildman–Crippen LogP) is 3.94. The Labute approximate surface area is 162 Å². The highest BCUT2D eigenvalue weighted by Gasteiger charge is 2.18. The number of hydrogen-bond acceptors (Lipinski definition) is 3. The van der Waals surface area contributed by atoms with Crippen LogP contribution in [0.5, 0.6) is 0 Å². The number of nitrogens with one attached hydrogen (secondary N) is 2. The van der Waals surface area contributed by atoms with Crippen LogP contribution in [0.15, 0.2) is 53.5 Å². The topological polar surface area (TPSA) is 79.3 Å². The van der Waals surface area contributed by atoms with Gasteiger partial charge in [0.15, 0.2) is 5.69 Å². The number of pyridine rings is 2. The van der Waals surface area contributed by atoms with E-state index in [0.717, 1.165) is 23.1 Å². The van der Waals surface area contributed by atoms with Gasteiger partial charge in [0.25, 0.3) is 11.5 Å². The molecular formula is C22H22N4O2. The van der Waals surface area contributed by atoms with Crippen molar-refractivity contribution in [1.29, 1.82) is 0 Å². The van der Waals surface area contributed by atoms with E-state index in [1.165, 1.54) is 0 Å². The van der Waals surface area contributed by atoms with Gasteiger partial charge in [0.2, 0.25) is 0 Å². The number of amides is 1. The molecule has 0 fully saturated rings. The normalized spacial score (nSPS) is 11.4. The summed E-state index contributed by atoms with van der Waals surface area (Å²) in [5.41, 5.74) is 3.00. The maximum Gasteiger partial charge on any atom is 0.276 e. The number of anilines is 1. The SMILES string of the molecule is Cc1cc2ccc(NC(=O)c3nc(CC(C)C)n4ccccc34)cc2[nH]c1=O. The Kier molecular flexibility index (Phi) is 4.47. The van der Waals surface area contributed by atoms with E-state index in [0.29, 0.717) is 28.4 Å². The first-order valence-electron chi connectivity index (χ1n) is 9.33. The number of benzene rings is 1. The number of fused-ring (bicyclic) bond motifs is 2. The first-order chi connectivity index (χ1) is 13.4.